The Morgan fingerprint density at radius 3 is 2.85 bits per heavy atom. The van der Waals surface area contributed by atoms with Gasteiger partial charge in [-0.1, -0.05) is 13.0 Å². The Bertz CT molecular complexity index is 504. The average Bonchev–Trinajstić information content (AvgIpc) is 3.26. The van der Waals surface area contributed by atoms with E-state index in [0.717, 1.165) is 25.0 Å². The van der Waals surface area contributed by atoms with Crippen LogP contribution in [0.1, 0.15) is 36.5 Å². The van der Waals surface area contributed by atoms with Crippen molar-refractivity contribution in [3.8, 4) is 5.75 Å². The molecule has 0 aromatic heterocycles. The number of hydrogen-bond donors (Lipinski definition) is 1. The largest absolute Gasteiger partial charge is 0.494 e. The quantitative estimate of drug-likeness (QED) is 0.895. The van der Waals surface area contributed by atoms with Crippen molar-refractivity contribution in [1.82, 2.24) is 4.90 Å². The molecule has 1 aromatic carbocycles. The van der Waals surface area contributed by atoms with Gasteiger partial charge >= 0.3 is 0 Å². The van der Waals surface area contributed by atoms with Gasteiger partial charge in [-0.2, -0.15) is 0 Å². The standard InChI is InChI=1S/C16H21NO3/c1-2-8-20-14-5-3-4-12(9-14)15(18)17-10-16(19,11-17)13-6-7-13/h3-5,9,13,19H,2,6-8,10-11H2,1H3. The van der Waals surface area contributed by atoms with E-state index in [4.69, 9.17) is 4.74 Å². The van der Waals surface area contributed by atoms with Gasteiger partial charge < -0.3 is 14.7 Å². The van der Waals surface area contributed by atoms with Crippen LogP contribution >= 0.6 is 0 Å². The van der Waals surface area contributed by atoms with E-state index in [2.05, 4.69) is 0 Å². The van der Waals surface area contributed by atoms with Crippen molar-refractivity contribution in [2.24, 2.45) is 5.92 Å². The highest BCUT2D eigenvalue weighted by Gasteiger charge is 2.53. The van der Waals surface area contributed by atoms with Gasteiger partial charge in [0.2, 0.25) is 0 Å². The van der Waals surface area contributed by atoms with Gasteiger partial charge in [0.05, 0.1) is 19.7 Å². The number of nitrogens with zero attached hydrogens (tertiary/aromatic N) is 1. The van der Waals surface area contributed by atoms with Crippen LogP contribution in [-0.4, -0.2) is 41.2 Å². The number of benzene rings is 1. The number of β-amino-alcohol motifs (C(OH)–C–C–N with tert-alkyl or cyclic N) is 1. The van der Waals surface area contributed by atoms with Gasteiger partial charge in [0.15, 0.2) is 0 Å². The fourth-order valence-corrected chi connectivity index (χ4v) is 2.76. The molecule has 4 nitrogen and oxygen atoms in total. The zero-order valence-electron chi connectivity index (χ0n) is 11.8. The molecule has 20 heavy (non-hydrogen) atoms. The molecule has 4 heteroatoms. The second-order valence-electron chi connectivity index (χ2n) is 5.92. The summed E-state index contributed by atoms with van der Waals surface area (Å²) in [6, 6.07) is 7.29. The Balaban J connectivity index is 1.63. The van der Waals surface area contributed by atoms with Gasteiger partial charge in [-0.05, 0) is 43.4 Å². The van der Waals surface area contributed by atoms with Crippen LogP contribution in [0.15, 0.2) is 24.3 Å². The van der Waals surface area contributed by atoms with E-state index < -0.39 is 5.60 Å². The minimum Gasteiger partial charge on any atom is -0.494 e. The molecule has 108 valence electrons. The van der Waals surface area contributed by atoms with Crippen LogP contribution in [0.25, 0.3) is 0 Å². The molecule has 2 aliphatic rings. The van der Waals surface area contributed by atoms with Gasteiger partial charge in [-0.25, -0.2) is 0 Å². The van der Waals surface area contributed by atoms with E-state index in [9.17, 15) is 9.90 Å². The van der Waals surface area contributed by atoms with E-state index in [1.807, 2.05) is 19.1 Å². The van der Waals surface area contributed by atoms with Crippen molar-refractivity contribution in [3.05, 3.63) is 29.8 Å². The molecular formula is C16H21NO3. The summed E-state index contributed by atoms with van der Waals surface area (Å²) < 4.78 is 5.55. The zero-order valence-corrected chi connectivity index (χ0v) is 11.8. The maximum atomic E-state index is 12.3. The van der Waals surface area contributed by atoms with Crippen LogP contribution in [0, 0.1) is 5.92 Å². The maximum Gasteiger partial charge on any atom is 0.254 e. The number of ether oxygens (including phenoxy) is 1. The molecule has 1 heterocycles. The van der Waals surface area contributed by atoms with Crippen LogP contribution in [0.4, 0.5) is 0 Å². The third-order valence-corrected chi connectivity index (χ3v) is 4.11. The van der Waals surface area contributed by atoms with Crippen LogP contribution < -0.4 is 4.74 Å². The highest BCUT2D eigenvalue weighted by Crippen LogP contribution is 2.44. The van der Waals surface area contributed by atoms with E-state index in [-0.39, 0.29) is 5.91 Å². The van der Waals surface area contributed by atoms with E-state index >= 15 is 0 Å². The van der Waals surface area contributed by atoms with Gasteiger partial charge in [0.1, 0.15) is 11.4 Å². The number of likely N-dealkylation sites (tertiary alicyclic amines) is 1. The first-order chi connectivity index (χ1) is 9.62. The summed E-state index contributed by atoms with van der Waals surface area (Å²) in [6.07, 6.45) is 3.14. The molecule has 1 saturated carbocycles. The van der Waals surface area contributed by atoms with Gasteiger partial charge in [0.25, 0.3) is 5.91 Å². The van der Waals surface area contributed by atoms with E-state index in [1.165, 1.54) is 0 Å². The molecule has 1 amide bonds. The van der Waals surface area contributed by atoms with E-state index in [1.54, 1.807) is 17.0 Å². The highest BCUT2D eigenvalue weighted by molar-refractivity contribution is 5.95. The second kappa shape index (κ2) is 5.09. The Kier molecular flexibility index (Phi) is 3.42. The smallest absolute Gasteiger partial charge is 0.254 e. The lowest BCUT2D eigenvalue weighted by atomic mass is 9.88. The molecule has 0 bridgehead atoms. The molecule has 1 aromatic rings. The maximum absolute atomic E-state index is 12.3. The average molecular weight is 275 g/mol. The number of carbonyl (C=O) groups is 1. The van der Waals surface area contributed by atoms with Crippen molar-refractivity contribution < 1.29 is 14.6 Å². The Morgan fingerprint density at radius 2 is 2.20 bits per heavy atom. The summed E-state index contributed by atoms with van der Waals surface area (Å²) in [5, 5.41) is 10.3. The first-order valence-corrected chi connectivity index (χ1v) is 7.37. The molecular weight excluding hydrogens is 254 g/mol. The molecule has 1 aliphatic heterocycles. The monoisotopic (exact) mass is 275 g/mol. The molecule has 2 fully saturated rings. The topological polar surface area (TPSA) is 49.8 Å². The number of aliphatic hydroxyl groups is 1. The van der Waals surface area contributed by atoms with Gasteiger partial charge in [-0.3, -0.25) is 4.79 Å². The molecule has 3 rings (SSSR count). The summed E-state index contributed by atoms with van der Waals surface area (Å²) in [4.78, 5) is 14.1. The summed E-state index contributed by atoms with van der Waals surface area (Å²) in [6.45, 7) is 3.64. The zero-order chi connectivity index (χ0) is 14.2. The fourth-order valence-electron chi connectivity index (χ4n) is 2.76. The lowest BCUT2D eigenvalue weighted by Gasteiger charge is -2.47. The van der Waals surface area contributed by atoms with Crippen molar-refractivity contribution in [2.45, 2.75) is 31.8 Å². The molecule has 0 spiro atoms. The first kappa shape index (κ1) is 13.4. The summed E-state index contributed by atoms with van der Waals surface area (Å²) in [7, 11) is 0. The van der Waals surface area contributed by atoms with Crippen LogP contribution in [0.5, 0.6) is 5.75 Å². The van der Waals surface area contributed by atoms with Gasteiger partial charge in [-0.15, -0.1) is 0 Å². The molecule has 0 radical (unpaired) electrons. The van der Waals surface area contributed by atoms with Crippen LogP contribution in [0.3, 0.4) is 0 Å². The third-order valence-electron chi connectivity index (χ3n) is 4.11. The summed E-state index contributed by atoms with van der Waals surface area (Å²) in [5.41, 5.74) is 0.0165. The van der Waals surface area contributed by atoms with E-state index in [0.29, 0.717) is 31.2 Å². The minimum atomic E-state index is -0.619. The summed E-state index contributed by atoms with van der Waals surface area (Å²) >= 11 is 0. The van der Waals surface area contributed by atoms with Crippen LogP contribution in [0.2, 0.25) is 0 Å². The second-order valence-corrected chi connectivity index (χ2v) is 5.92. The SMILES string of the molecule is CCCOc1cccc(C(=O)N2CC(O)(C3CC3)C2)c1. The Labute approximate surface area is 119 Å². The van der Waals surface area contributed by atoms with Crippen molar-refractivity contribution >= 4 is 5.91 Å². The molecule has 0 atom stereocenters. The lowest BCUT2D eigenvalue weighted by molar-refractivity contribution is -0.0958. The molecule has 1 N–H and O–H groups in total. The normalized spacial score (nSPS) is 20.4. The molecule has 0 unspecified atom stereocenters. The Hall–Kier alpha value is -1.55. The van der Waals surface area contributed by atoms with Crippen molar-refractivity contribution in [1.29, 1.82) is 0 Å². The Morgan fingerprint density at radius 1 is 1.45 bits per heavy atom. The third kappa shape index (κ3) is 2.52. The van der Waals surface area contributed by atoms with Crippen molar-refractivity contribution in [3.63, 3.8) is 0 Å². The van der Waals surface area contributed by atoms with Crippen LogP contribution in [-0.2, 0) is 0 Å². The molecule has 1 saturated heterocycles. The minimum absolute atomic E-state index is 0.0164. The number of rotatable bonds is 5. The lowest BCUT2D eigenvalue weighted by Crippen LogP contribution is -2.64. The number of hydrogen-bond acceptors (Lipinski definition) is 3. The molecule has 1 aliphatic carbocycles. The summed E-state index contributed by atoms with van der Waals surface area (Å²) in [5.74, 6) is 1.12. The fraction of sp³-hybridized carbons (Fsp3) is 0.562. The predicted molar refractivity (Wildman–Crippen MR) is 75.8 cm³/mol. The highest BCUT2D eigenvalue weighted by atomic mass is 16.5. The van der Waals surface area contributed by atoms with Gasteiger partial charge in [0, 0.05) is 5.56 Å². The first-order valence-electron chi connectivity index (χ1n) is 7.37. The predicted octanol–water partition coefficient (Wildman–Crippen LogP) is 2.07. The number of amides is 1. The van der Waals surface area contributed by atoms with Crippen molar-refractivity contribution in [2.75, 3.05) is 19.7 Å². The number of carbonyl (C=O) groups excluding carboxylic acids is 1.